The van der Waals surface area contributed by atoms with Crippen molar-refractivity contribution in [2.45, 2.75) is 0 Å². The zero-order valence-corrected chi connectivity index (χ0v) is 22.8. The summed E-state index contributed by atoms with van der Waals surface area (Å²) in [4.78, 5) is 38.1. The van der Waals surface area contributed by atoms with E-state index in [1.807, 2.05) is 86.5 Å². The number of anilines is 2. The lowest BCUT2D eigenvalue weighted by atomic mass is 10.1. The predicted octanol–water partition coefficient (Wildman–Crippen LogP) is 4.49. The fourth-order valence-corrected chi connectivity index (χ4v) is 3.79. The number of carbonyl (C=O) groups is 2. The van der Waals surface area contributed by atoms with Gasteiger partial charge in [-0.05, 0) is 66.7 Å². The Hall–Kier alpha value is -4.17. The maximum atomic E-state index is 12.8. The van der Waals surface area contributed by atoms with Crippen molar-refractivity contribution in [3.63, 3.8) is 0 Å². The first-order chi connectivity index (χ1) is 17.2. The number of hydrogen-bond donors (Lipinski definition) is 2. The summed E-state index contributed by atoms with van der Waals surface area (Å²) in [5, 5.41) is 5.76. The molecule has 194 valence electrons. The van der Waals surface area contributed by atoms with Crippen LogP contribution in [0.15, 0.2) is 82.8 Å². The van der Waals surface area contributed by atoms with Crippen LogP contribution in [0.4, 0.5) is 11.4 Å². The standard InChI is InChI=1S/C28H32N6O2.ClH/c1-29-25(33(3)4)19-10-14-23(15-11-19)31-27(35)21-8-7-9-22(18-21)28(36)32-24-16-12-20(13-17-24)26(30-2)34(5)6;/h7-18H,1-6H3,(H,31,35)(H,32,36);1H. The van der Waals surface area contributed by atoms with Crippen LogP contribution < -0.4 is 10.6 Å². The van der Waals surface area contributed by atoms with E-state index in [9.17, 15) is 9.59 Å². The van der Waals surface area contributed by atoms with Crippen molar-refractivity contribution < 1.29 is 9.59 Å². The van der Waals surface area contributed by atoms with Crippen molar-refractivity contribution in [3.05, 3.63) is 95.1 Å². The van der Waals surface area contributed by atoms with E-state index in [4.69, 9.17) is 0 Å². The van der Waals surface area contributed by atoms with Gasteiger partial charge in [0.25, 0.3) is 11.8 Å². The molecule has 0 bridgehead atoms. The summed E-state index contributed by atoms with van der Waals surface area (Å²) in [6.45, 7) is 0. The zero-order chi connectivity index (χ0) is 26.2. The van der Waals surface area contributed by atoms with Gasteiger partial charge < -0.3 is 20.4 Å². The van der Waals surface area contributed by atoms with Gasteiger partial charge in [-0.1, -0.05) is 6.07 Å². The van der Waals surface area contributed by atoms with E-state index in [-0.39, 0.29) is 24.2 Å². The van der Waals surface area contributed by atoms with E-state index in [1.165, 1.54) is 0 Å². The normalized spacial score (nSPS) is 11.3. The van der Waals surface area contributed by atoms with Crippen LogP contribution >= 0.6 is 12.4 Å². The van der Waals surface area contributed by atoms with Gasteiger partial charge in [-0.15, -0.1) is 12.4 Å². The molecule has 0 aromatic heterocycles. The summed E-state index contributed by atoms with van der Waals surface area (Å²) < 4.78 is 0. The van der Waals surface area contributed by atoms with Gasteiger partial charge in [0.05, 0.1) is 0 Å². The molecule has 3 aromatic carbocycles. The predicted molar refractivity (Wildman–Crippen MR) is 155 cm³/mol. The van der Waals surface area contributed by atoms with E-state index in [0.717, 1.165) is 22.8 Å². The molecule has 0 aliphatic rings. The highest BCUT2D eigenvalue weighted by atomic mass is 35.5. The highest BCUT2D eigenvalue weighted by Crippen LogP contribution is 2.16. The van der Waals surface area contributed by atoms with Crippen molar-refractivity contribution in [2.24, 2.45) is 9.98 Å². The van der Waals surface area contributed by atoms with Gasteiger partial charge in [0.2, 0.25) is 0 Å². The number of hydrogen-bond acceptors (Lipinski definition) is 4. The van der Waals surface area contributed by atoms with E-state index in [0.29, 0.717) is 22.5 Å². The first kappa shape index (κ1) is 29.1. The minimum absolute atomic E-state index is 0. The number of rotatable bonds is 6. The van der Waals surface area contributed by atoms with Crippen LogP contribution in [0.2, 0.25) is 0 Å². The molecule has 8 nitrogen and oxygen atoms in total. The number of aliphatic imine (C=N–C) groups is 2. The van der Waals surface area contributed by atoms with Crippen LogP contribution in [0, 0.1) is 0 Å². The SMILES string of the molecule is CN=C(c1ccc(NC(=O)c2cccc(C(=O)Nc3ccc(C(=NC)N(C)C)cc3)c2)cc1)N(C)C.Cl. The molecule has 3 aromatic rings. The number of amidine groups is 2. The Balaban J connectivity index is 0.00000481. The average Bonchev–Trinajstić information content (AvgIpc) is 2.86. The monoisotopic (exact) mass is 520 g/mol. The fourth-order valence-electron chi connectivity index (χ4n) is 3.79. The van der Waals surface area contributed by atoms with Crippen LogP contribution in [-0.2, 0) is 0 Å². The summed E-state index contributed by atoms with van der Waals surface area (Å²) in [7, 11) is 11.2. The Morgan fingerprint density at radius 1 is 0.595 bits per heavy atom. The zero-order valence-electron chi connectivity index (χ0n) is 21.9. The molecule has 37 heavy (non-hydrogen) atoms. The molecule has 0 saturated carbocycles. The second-order valence-corrected chi connectivity index (χ2v) is 8.53. The Kier molecular flexibility index (Phi) is 10.4. The number of amides is 2. The number of nitrogens with zero attached hydrogens (tertiary/aromatic N) is 4. The van der Waals surface area contributed by atoms with E-state index >= 15 is 0 Å². The Morgan fingerprint density at radius 2 is 0.946 bits per heavy atom. The summed E-state index contributed by atoms with van der Waals surface area (Å²) in [5.41, 5.74) is 3.99. The molecular weight excluding hydrogens is 488 g/mol. The topological polar surface area (TPSA) is 89.4 Å². The fraction of sp³-hybridized carbons (Fsp3) is 0.214. The van der Waals surface area contributed by atoms with Crippen LogP contribution in [0.3, 0.4) is 0 Å². The van der Waals surface area contributed by atoms with Crippen LogP contribution in [0.1, 0.15) is 31.8 Å². The van der Waals surface area contributed by atoms with Crippen molar-refractivity contribution in [2.75, 3.05) is 52.9 Å². The number of carbonyl (C=O) groups excluding carboxylic acids is 2. The number of benzene rings is 3. The number of halogens is 1. The molecule has 0 atom stereocenters. The Bertz CT molecular complexity index is 1190. The summed E-state index contributed by atoms with van der Waals surface area (Å²) >= 11 is 0. The molecule has 0 aliphatic heterocycles. The smallest absolute Gasteiger partial charge is 0.255 e. The Morgan fingerprint density at radius 3 is 1.24 bits per heavy atom. The largest absolute Gasteiger partial charge is 0.363 e. The summed E-state index contributed by atoms with van der Waals surface area (Å²) in [5.74, 6) is 1.10. The Labute approximate surface area is 224 Å². The molecule has 0 fully saturated rings. The van der Waals surface area contributed by atoms with Crippen LogP contribution in [0.5, 0.6) is 0 Å². The van der Waals surface area contributed by atoms with Crippen LogP contribution in [-0.4, -0.2) is 75.6 Å². The quantitative estimate of drug-likeness (QED) is 0.370. The first-order valence-corrected chi connectivity index (χ1v) is 11.5. The maximum absolute atomic E-state index is 12.8. The minimum atomic E-state index is -0.297. The maximum Gasteiger partial charge on any atom is 0.255 e. The second kappa shape index (κ2) is 13.2. The van der Waals surface area contributed by atoms with Gasteiger partial charge >= 0.3 is 0 Å². The lowest BCUT2D eigenvalue weighted by molar-refractivity contribution is 0.102. The molecule has 0 radical (unpaired) electrons. The minimum Gasteiger partial charge on any atom is -0.363 e. The second-order valence-electron chi connectivity index (χ2n) is 8.53. The van der Waals surface area contributed by atoms with E-state index < -0.39 is 0 Å². The first-order valence-electron chi connectivity index (χ1n) is 11.5. The van der Waals surface area contributed by atoms with E-state index in [2.05, 4.69) is 20.6 Å². The van der Waals surface area contributed by atoms with Crippen molar-refractivity contribution in [1.29, 1.82) is 0 Å². The lowest BCUT2D eigenvalue weighted by Crippen LogP contribution is -2.23. The van der Waals surface area contributed by atoms with Gasteiger partial charge in [-0.25, -0.2) is 0 Å². The molecule has 0 saturated heterocycles. The number of nitrogens with one attached hydrogen (secondary N) is 2. The molecule has 9 heteroatoms. The molecular formula is C28H33ClN6O2. The van der Waals surface area contributed by atoms with E-state index in [1.54, 1.807) is 38.4 Å². The van der Waals surface area contributed by atoms with Gasteiger partial charge in [-0.2, -0.15) is 0 Å². The molecule has 0 unspecified atom stereocenters. The highest BCUT2D eigenvalue weighted by molar-refractivity contribution is 6.09. The third-order valence-corrected chi connectivity index (χ3v) is 5.46. The molecule has 2 amide bonds. The van der Waals surface area contributed by atoms with Gasteiger partial charge in [0, 0.05) is 75.9 Å². The molecule has 0 spiro atoms. The third kappa shape index (κ3) is 7.41. The van der Waals surface area contributed by atoms with Crippen molar-refractivity contribution in [1.82, 2.24) is 9.80 Å². The van der Waals surface area contributed by atoms with Gasteiger partial charge in [-0.3, -0.25) is 19.6 Å². The average molecular weight is 521 g/mol. The molecule has 0 aliphatic carbocycles. The molecule has 3 rings (SSSR count). The van der Waals surface area contributed by atoms with Crippen LogP contribution in [0.25, 0.3) is 0 Å². The molecule has 2 N–H and O–H groups in total. The lowest BCUT2D eigenvalue weighted by Gasteiger charge is -2.16. The van der Waals surface area contributed by atoms with Gasteiger partial charge in [0.1, 0.15) is 11.7 Å². The van der Waals surface area contributed by atoms with Crippen molar-refractivity contribution >= 4 is 47.3 Å². The van der Waals surface area contributed by atoms with Gasteiger partial charge in [0.15, 0.2) is 0 Å². The van der Waals surface area contributed by atoms with Crippen molar-refractivity contribution in [3.8, 4) is 0 Å². The summed E-state index contributed by atoms with van der Waals surface area (Å²) in [6, 6.07) is 21.5. The molecule has 0 heterocycles. The third-order valence-electron chi connectivity index (χ3n) is 5.46. The highest BCUT2D eigenvalue weighted by Gasteiger charge is 2.13. The summed E-state index contributed by atoms with van der Waals surface area (Å²) in [6.07, 6.45) is 0.